The van der Waals surface area contributed by atoms with E-state index >= 15 is 0 Å². The summed E-state index contributed by atoms with van der Waals surface area (Å²) >= 11 is 0. The van der Waals surface area contributed by atoms with Gasteiger partial charge in [-0.05, 0) is 26.1 Å². The number of benzene rings is 1. The van der Waals surface area contributed by atoms with Gasteiger partial charge in [0.05, 0.1) is 0 Å². The van der Waals surface area contributed by atoms with E-state index < -0.39 is 0 Å². The summed E-state index contributed by atoms with van der Waals surface area (Å²) in [5.74, 6) is 0. The smallest absolute Gasteiger partial charge is 0.0471 e. The first kappa shape index (κ1) is 11.1. The molecule has 0 unspecified atom stereocenters. The lowest BCUT2D eigenvalue weighted by atomic mass is 10.2. The molecule has 0 aliphatic carbocycles. The number of aliphatic hydroxyl groups is 1. The lowest BCUT2D eigenvalue weighted by Gasteiger charge is -1.93. The molecule has 0 heterocycles. The first-order valence-electron chi connectivity index (χ1n) is 4.08. The highest BCUT2D eigenvalue weighted by Crippen LogP contribution is 1.97. The van der Waals surface area contributed by atoms with Crippen LogP contribution >= 0.6 is 0 Å². The lowest BCUT2D eigenvalue weighted by Crippen LogP contribution is -1.89. The predicted octanol–water partition coefficient (Wildman–Crippen LogP) is 1.06. The second-order valence-corrected chi connectivity index (χ2v) is 2.46. The zero-order valence-corrected chi connectivity index (χ0v) is 7.75. The summed E-state index contributed by atoms with van der Waals surface area (Å²) in [5.41, 5.74) is 1.19. The molecule has 0 spiro atoms. The fourth-order valence-corrected chi connectivity index (χ4v) is 0.774. The van der Waals surface area contributed by atoms with Crippen LogP contribution in [0.25, 0.3) is 0 Å². The van der Waals surface area contributed by atoms with Gasteiger partial charge < -0.3 is 10.4 Å². The molecule has 0 amide bonds. The summed E-state index contributed by atoms with van der Waals surface area (Å²) in [6.07, 6.45) is 0.765. The minimum atomic E-state index is 0.240. The SMILES string of the molecule is CNC.OCCc1ccccc1. The third kappa shape index (κ3) is 5.89. The van der Waals surface area contributed by atoms with E-state index in [1.54, 1.807) is 0 Å². The molecule has 68 valence electrons. The van der Waals surface area contributed by atoms with Crippen molar-refractivity contribution in [3.63, 3.8) is 0 Å². The minimum absolute atomic E-state index is 0.240. The third-order valence-electron chi connectivity index (χ3n) is 1.24. The molecule has 2 nitrogen and oxygen atoms in total. The zero-order chi connectivity index (χ0) is 9.23. The van der Waals surface area contributed by atoms with E-state index in [1.807, 2.05) is 44.4 Å². The van der Waals surface area contributed by atoms with E-state index in [-0.39, 0.29) is 6.61 Å². The normalized spacial score (nSPS) is 8.58. The van der Waals surface area contributed by atoms with Crippen molar-refractivity contribution < 1.29 is 5.11 Å². The van der Waals surface area contributed by atoms with Crippen LogP contribution in [-0.4, -0.2) is 25.8 Å². The summed E-state index contributed by atoms with van der Waals surface area (Å²) in [5, 5.41) is 11.3. The van der Waals surface area contributed by atoms with Gasteiger partial charge in [0, 0.05) is 6.61 Å². The van der Waals surface area contributed by atoms with Crippen LogP contribution in [-0.2, 0) is 6.42 Å². The molecule has 0 aromatic heterocycles. The molecule has 0 fully saturated rings. The molecule has 1 aromatic carbocycles. The third-order valence-corrected chi connectivity index (χ3v) is 1.24. The summed E-state index contributed by atoms with van der Waals surface area (Å²) in [4.78, 5) is 0. The number of aliphatic hydroxyl groups excluding tert-OH is 1. The molecule has 0 aliphatic heterocycles. The summed E-state index contributed by atoms with van der Waals surface area (Å²) in [6, 6.07) is 9.95. The number of hydrogen-bond donors (Lipinski definition) is 2. The van der Waals surface area contributed by atoms with Crippen LogP contribution in [0.2, 0.25) is 0 Å². The monoisotopic (exact) mass is 167 g/mol. The lowest BCUT2D eigenvalue weighted by molar-refractivity contribution is 0.299. The van der Waals surface area contributed by atoms with Gasteiger partial charge >= 0.3 is 0 Å². The second-order valence-electron chi connectivity index (χ2n) is 2.46. The largest absolute Gasteiger partial charge is 0.396 e. The second kappa shape index (κ2) is 8.24. The van der Waals surface area contributed by atoms with Gasteiger partial charge in [0.2, 0.25) is 0 Å². The quantitative estimate of drug-likeness (QED) is 0.690. The van der Waals surface area contributed by atoms with Crippen molar-refractivity contribution in [1.29, 1.82) is 0 Å². The maximum atomic E-state index is 8.52. The van der Waals surface area contributed by atoms with Crippen LogP contribution in [0.3, 0.4) is 0 Å². The van der Waals surface area contributed by atoms with Crippen molar-refractivity contribution >= 4 is 0 Å². The molecule has 0 atom stereocenters. The number of hydrogen-bond acceptors (Lipinski definition) is 2. The fraction of sp³-hybridized carbons (Fsp3) is 0.400. The average molecular weight is 167 g/mol. The van der Waals surface area contributed by atoms with Gasteiger partial charge in [0.25, 0.3) is 0 Å². The fourth-order valence-electron chi connectivity index (χ4n) is 0.774. The van der Waals surface area contributed by atoms with E-state index in [2.05, 4.69) is 5.32 Å². The molecule has 0 radical (unpaired) electrons. The Kier molecular flexibility index (Phi) is 7.65. The van der Waals surface area contributed by atoms with Gasteiger partial charge in [-0.1, -0.05) is 30.3 Å². The van der Waals surface area contributed by atoms with Gasteiger partial charge in [-0.3, -0.25) is 0 Å². The number of nitrogens with one attached hydrogen (secondary N) is 1. The molecular formula is C10H17NO. The van der Waals surface area contributed by atoms with E-state index in [4.69, 9.17) is 5.11 Å². The Balaban J connectivity index is 0.000000354. The van der Waals surface area contributed by atoms with Gasteiger partial charge in [0.15, 0.2) is 0 Å². The molecule has 12 heavy (non-hydrogen) atoms. The summed E-state index contributed by atoms with van der Waals surface area (Å²) < 4.78 is 0. The van der Waals surface area contributed by atoms with E-state index in [9.17, 15) is 0 Å². The first-order chi connectivity index (χ1) is 5.85. The van der Waals surface area contributed by atoms with Crippen molar-refractivity contribution in [2.75, 3.05) is 20.7 Å². The van der Waals surface area contributed by atoms with E-state index in [0.29, 0.717) is 0 Å². The van der Waals surface area contributed by atoms with Crippen LogP contribution in [0.15, 0.2) is 30.3 Å². The average Bonchev–Trinajstić information content (AvgIpc) is 2.08. The molecule has 1 rings (SSSR count). The standard InChI is InChI=1S/C8H10O.C2H7N/c9-7-6-8-4-2-1-3-5-8;1-3-2/h1-5,9H,6-7H2;3H,1-2H3. The Morgan fingerprint density at radius 1 is 1.17 bits per heavy atom. The van der Waals surface area contributed by atoms with Crippen LogP contribution < -0.4 is 5.32 Å². The predicted molar refractivity (Wildman–Crippen MR) is 52.2 cm³/mol. The van der Waals surface area contributed by atoms with Crippen molar-refractivity contribution in [3.05, 3.63) is 35.9 Å². The zero-order valence-electron chi connectivity index (χ0n) is 7.75. The van der Waals surface area contributed by atoms with Gasteiger partial charge in [0.1, 0.15) is 0 Å². The molecule has 0 saturated heterocycles. The highest BCUT2D eigenvalue weighted by atomic mass is 16.2. The summed E-state index contributed by atoms with van der Waals surface area (Å²) in [7, 11) is 3.75. The molecule has 2 heteroatoms. The first-order valence-corrected chi connectivity index (χ1v) is 4.08. The highest BCUT2D eigenvalue weighted by molar-refractivity contribution is 5.14. The van der Waals surface area contributed by atoms with Crippen LogP contribution in [0.1, 0.15) is 5.56 Å². The van der Waals surface area contributed by atoms with Crippen LogP contribution in [0.4, 0.5) is 0 Å². The maximum Gasteiger partial charge on any atom is 0.0471 e. The maximum absolute atomic E-state index is 8.52. The topological polar surface area (TPSA) is 32.3 Å². The van der Waals surface area contributed by atoms with Gasteiger partial charge in [-0.2, -0.15) is 0 Å². The number of rotatable bonds is 2. The Hall–Kier alpha value is -0.860. The highest BCUT2D eigenvalue weighted by Gasteiger charge is 1.85. The van der Waals surface area contributed by atoms with Crippen LogP contribution in [0.5, 0.6) is 0 Å². The Labute approximate surface area is 74.2 Å². The Morgan fingerprint density at radius 2 is 1.67 bits per heavy atom. The Morgan fingerprint density at radius 3 is 2.08 bits per heavy atom. The summed E-state index contributed by atoms with van der Waals surface area (Å²) in [6.45, 7) is 0.240. The van der Waals surface area contributed by atoms with Crippen molar-refractivity contribution in [2.24, 2.45) is 0 Å². The molecule has 0 saturated carbocycles. The molecule has 0 bridgehead atoms. The van der Waals surface area contributed by atoms with E-state index in [1.165, 1.54) is 5.56 Å². The van der Waals surface area contributed by atoms with Gasteiger partial charge in [-0.15, -0.1) is 0 Å². The molecule has 1 aromatic rings. The van der Waals surface area contributed by atoms with E-state index in [0.717, 1.165) is 6.42 Å². The van der Waals surface area contributed by atoms with Crippen molar-refractivity contribution in [2.45, 2.75) is 6.42 Å². The Bertz CT molecular complexity index is 174. The van der Waals surface area contributed by atoms with Crippen LogP contribution in [0, 0.1) is 0 Å². The van der Waals surface area contributed by atoms with Crippen molar-refractivity contribution in [3.8, 4) is 0 Å². The molecule has 0 aliphatic rings. The van der Waals surface area contributed by atoms with Crippen molar-refractivity contribution in [1.82, 2.24) is 5.32 Å². The minimum Gasteiger partial charge on any atom is -0.396 e. The molecular weight excluding hydrogens is 150 g/mol. The van der Waals surface area contributed by atoms with Gasteiger partial charge in [-0.25, -0.2) is 0 Å². The molecule has 2 N–H and O–H groups in total.